The fourth-order valence-corrected chi connectivity index (χ4v) is 6.03. The number of amides is 2. The summed E-state index contributed by atoms with van der Waals surface area (Å²) in [5.41, 5.74) is 5.50. The fraction of sp³-hybridized carbons (Fsp3) is 0.186. The Bertz CT molecular complexity index is 2100. The molecule has 55 heavy (non-hydrogen) atoms. The van der Waals surface area contributed by atoms with Gasteiger partial charge in [0.1, 0.15) is 30.5 Å². The van der Waals surface area contributed by atoms with Gasteiger partial charge in [-0.1, -0.05) is 78.9 Å². The molecule has 12 heteroatoms. The molecule has 284 valence electrons. The van der Waals surface area contributed by atoms with Crippen LogP contribution >= 0.6 is 0 Å². The Morgan fingerprint density at radius 3 is 2.31 bits per heavy atom. The summed E-state index contributed by atoms with van der Waals surface area (Å²) in [7, 11) is 1.54. The van der Waals surface area contributed by atoms with Crippen LogP contribution < -0.4 is 25.4 Å². The number of phenolic OH excluding ortho intramolecular Hbond substituents is 1. The Balaban J connectivity index is 1.15. The standard InChI is InChI=1S/C43H43N3O9/c1-3-8-36-35(18-19-37(48)41(36)45-27-47)38(49)24-44-23-29-15-20-39(53-2)33(21-29)26-55-42(50)31-16-13-28(14-17-31)25-54-34-12-7-11-32(22-34)40(46-43(51)52)30-9-5-4-6-10-30/h3-22,27,38,40,44,46,48-49H,23-26H2,1-2H3,(H,45,47)(H,51,52)/b8-3-. The first-order valence-electron chi connectivity index (χ1n) is 17.5. The molecule has 0 aliphatic heterocycles. The molecule has 5 aromatic rings. The second-order valence-electron chi connectivity index (χ2n) is 12.4. The summed E-state index contributed by atoms with van der Waals surface area (Å²) < 4.78 is 17.2. The number of benzene rings is 5. The molecule has 0 saturated carbocycles. The summed E-state index contributed by atoms with van der Waals surface area (Å²) >= 11 is 0. The number of anilines is 1. The molecular formula is C43H43N3O9. The maximum atomic E-state index is 13.0. The Morgan fingerprint density at radius 2 is 1.60 bits per heavy atom. The Hall–Kier alpha value is -6.63. The Morgan fingerprint density at radius 1 is 0.855 bits per heavy atom. The quantitative estimate of drug-likeness (QED) is 0.0308. The number of methoxy groups -OCH3 is 1. The normalized spacial score (nSPS) is 12.1. The van der Waals surface area contributed by atoms with Gasteiger partial charge in [-0.2, -0.15) is 0 Å². The number of rotatable bonds is 18. The SMILES string of the molecule is C/C=C\c1c(C(O)CNCc2ccc(OC)c(COC(=O)c3ccc(COc4cccc(C(NC(=O)O)c5ccccc5)c4)cc3)c2)ccc(O)c1NC=O. The topological polar surface area (TPSA) is 176 Å². The molecule has 0 aromatic heterocycles. The lowest BCUT2D eigenvalue weighted by molar-refractivity contribution is -0.105. The molecule has 0 bridgehead atoms. The van der Waals surface area contributed by atoms with Gasteiger partial charge in [-0.15, -0.1) is 0 Å². The molecule has 0 fully saturated rings. The number of hydrogen-bond donors (Lipinski definition) is 6. The first-order chi connectivity index (χ1) is 26.7. The van der Waals surface area contributed by atoms with E-state index >= 15 is 0 Å². The molecule has 0 spiro atoms. The monoisotopic (exact) mass is 745 g/mol. The predicted octanol–water partition coefficient (Wildman–Crippen LogP) is 7.12. The molecule has 6 N–H and O–H groups in total. The van der Waals surface area contributed by atoms with Gasteiger partial charge < -0.3 is 45.5 Å². The molecule has 12 nitrogen and oxygen atoms in total. The molecule has 5 rings (SSSR count). The van der Waals surface area contributed by atoms with Crippen molar-refractivity contribution in [3.05, 3.63) is 160 Å². The fourth-order valence-electron chi connectivity index (χ4n) is 6.03. The highest BCUT2D eigenvalue weighted by atomic mass is 16.5. The Kier molecular flexibility index (Phi) is 14.0. The lowest BCUT2D eigenvalue weighted by Crippen LogP contribution is -2.27. The van der Waals surface area contributed by atoms with Gasteiger partial charge in [-0.05, 0) is 77.2 Å². The molecule has 0 saturated heterocycles. The van der Waals surface area contributed by atoms with Crippen molar-refractivity contribution in [3.8, 4) is 17.2 Å². The summed E-state index contributed by atoms with van der Waals surface area (Å²) in [4.78, 5) is 35.6. The second-order valence-corrected chi connectivity index (χ2v) is 12.4. The molecule has 2 atom stereocenters. The van der Waals surface area contributed by atoms with Crippen LogP contribution in [-0.4, -0.2) is 47.4 Å². The van der Waals surface area contributed by atoms with Crippen LogP contribution in [0.1, 0.15) is 68.4 Å². The van der Waals surface area contributed by atoms with Crippen LogP contribution in [0, 0.1) is 0 Å². The predicted molar refractivity (Wildman–Crippen MR) is 208 cm³/mol. The van der Waals surface area contributed by atoms with Crippen molar-refractivity contribution in [1.29, 1.82) is 0 Å². The smallest absolute Gasteiger partial charge is 0.405 e. The highest BCUT2D eigenvalue weighted by Gasteiger charge is 2.19. The first kappa shape index (κ1) is 39.6. The lowest BCUT2D eigenvalue weighted by atomic mass is 9.98. The summed E-state index contributed by atoms with van der Waals surface area (Å²) in [6.45, 7) is 2.55. The van der Waals surface area contributed by atoms with Crippen LogP contribution in [-0.2, 0) is 29.3 Å². The number of carbonyl (C=O) groups excluding carboxylic acids is 2. The van der Waals surface area contributed by atoms with E-state index in [0.29, 0.717) is 46.7 Å². The van der Waals surface area contributed by atoms with E-state index < -0.39 is 24.2 Å². The number of carbonyl (C=O) groups is 3. The average molecular weight is 746 g/mol. The van der Waals surface area contributed by atoms with Gasteiger partial charge >= 0.3 is 12.1 Å². The van der Waals surface area contributed by atoms with Crippen molar-refractivity contribution >= 4 is 30.2 Å². The molecule has 2 amide bonds. The highest BCUT2D eigenvalue weighted by molar-refractivity contribution is 5.89. The third-order valence-corrected chi connectivity index (χ3v) is 8.71. The van der Waals surface area contributed by atoms with E-state index in [2.05, 4.69) is 16.0 Å². The molecule has 5 aromatic carbocycles. The number of carboxylic acid groups (broad SMARTS) is 1. The zero-order chi connectivity index (χ0) is 39.2. The van der Waals surface area contributed by atoms with E-state index in [1.807, 2.05) is 48.5 Å². The maximum absolute atomic E-state index is 13.0. The van der Waals surface area contributed by atoms with Gasteiger partial charge in [0.15, 0.2) is 0 Å². The van der Waals surface area contributed by atoms with Crippen molar-refractivity contribution < 1.29 is 43.9 Å². The number of hydrogen-bond acceptors (Lipinski definition) is 9. The first-order valence-corrected chi connectivity index (χ1v) is 17.5. The van der Waals surface area contributed by atoms with Gasteiger partial charge in [-0.25, -0.2) is 9.59 Å². The van der Waals surface area contributed by atoms with E-state index in [-0.39, 0.29) is 31.2 Å². The zero-order valence-corrected chi connectivity index (χ0v) is 30.4. The Labute approximate surface area is 319 Å². The zero-order valence-electron chi connectivity index (χ0n) is 30.4. The average Bonchev–Trinajstić information content (AvgIpc) is 3.20. The molecule has 0 heterocycles. The van der Waals surface area contributed by atoms with E-state index in [9.17, 15) is 29.7 Å². The van der Waals surface area contributed by atoms with E-state index in [1.54, 1.807) is 73.7 Å². The van der Waals surface area contributed by atoms with E-state index in [0.717, 1.165) is 22.3 Å². The summed E-state index contributed by atoms with van der Waals surface area (Å²) in [6.07, 6.45) is 1.85. The van der Waals surface area contributed by atoms with Crippen LogP contribution in [0.15, 0.2) is 115 Å². The van der Waals surface area contributed by atoms with Gasteiger partial charge in [-0.3, -0.25) is 4.79 Å². The number of aliphatic hydroxyl groups excluding tert-OH is 1. The summed E-state index contributed by atoms with van der Waals surface area (Å²) in [5.74, 6) is 0.497. The van der Waals surface area contributed by atoms with Crippen molar-refractivity contribution in [2.45, 2.75) is 38.8 Å². The molecule has 2 unspecified atom stereocenters. The van der Waals surface area contributed by atoms with Crippen LogP contribution in [0.25, 0.3) is 6.08 Å². The number of allylic oxidation sites excluding steroid dienone is 1. The van der Waals surface area contributed by atoms with Gasteiger partial charge in [0, 0.05) is 24.2 Å². The molecular weight excluding hydrogens is 702 g/mol. The van der Waals surface area contributed by atoms with Gasteiger partial charge in [0.25, 0.3) is 0 Å². The number of esters is 1. The van der Waals surface area contributed by atoms with E-state index in [1.165, 1.54) is 13.2 Å². The van der Waals surface area contributed by atoms with Crippen molar-refractivity contribution in [2.24, 2.45) is 0 Å². The number of ether oxygens (including phenoxy) is 3. The van der Waals surface area contributed by atoms with Crippen LogP contribution in [0.3, 0.4) is 0 Å². The second kappa shape index (κ2) is 19.4. The molecule has 0 aliphatic carbocycles. The number of nitrogens with one attached hydrogen (secondary N) is 3. The van der Waals surface area contributed by atoms with Gasteiger partial charge in [0.2, 0.25) is 6.41 Å². The minimum atomic E-state index is -1.13. The highest BCUT2D eigenvalue weighted by Crippen LogP contribution is 2.34. The molecule has 0 radical (unpaired) electrons. The molecule has 0 aliphatic rings. The third-order valence-electron chi connectivity index (χ3n) is 8.71. The number of aliphatic hydroxyl groups is 1. The van der Waals surface area contributed by atoms with Crippen molar-refractivity contribution in [1.82, 2.24) is 10.6 Å². The largest absolute Gasteiger partial charge is 0.506 e. The van der Waals surface area contributed by atoms with Crippen LogP contribution in [0.4, 0.5) is 10.5 Å². The lowest BCUT2D eigenvalue weighted by Gasteiger charge is -2.19. The van der Waals surface area contributed by atoms with Crippen LogP contribution in [0.5, 0.6) is 17.2 Å². The minimum absolute atomic E-state index is 0.0346. The minimum Gasteiger partial charge on any atom is -0.506 e. The van der Waals surface area contributed by atoms with Crippen molar-refractivity contribution in [2.75, 3.05) is 19.0 Å². The van der Waals surface area contributed by atoms with Crippen LogP contribution in [0.2, 0.25) is 0 Å². The van der Waals surface area contributed by atoms with Gasteiger partial charge in [0.05, 0.1) is 30.5 Å². The summed E-state index contributed by atoms with van der Waals surface area (Å²) in [6, 6.07) is 31.4. The maximum Gasteiger partial charge on any atom is 0.405 e. The number of phenols is 1. The van der Waals surface area contributed by atoms with E-state index in [4.69, 9.17) is 14.2 Å². The van der Waals surface area contributed by atoms with Crippen molar-refractivity contribution in [3.63, 3.8) is 0 Å². The third kappa shape index (κ3) is 10.7. The summed E-state index contributed by atoms with van der Waals surface area (Å²) in [5, 5.41) is 38.9. The number of aromatic hydroxyl groups is 1.